The Morgan fingerprint density at radius 3 is 2.25 bits per heavy atom. The summed E-state index contributed by atoms with van der Waals surface area (Å²) in [6, 6.07) is 8.19. The van der Waals surface area contributed by atoms with Crippen molar-refractivity contribution >= 4 is 0 Å². The first-order valence-electron chi connectivity index (χ1n) is 8.38. The van der Waals surface area contributed by atoms with E-state index in [4.69, 9.17) is 10.00 Å². The minimum Gasteiger partial charge on any atom is -0.474 e. The molecule has 3 aromatic rings. The summed E-state index contributed by atoms with van der Waals surface area (Å²) in [5.41, 5.74) is -0.515. The molecule has 3 rings (SSSR count). The number of ether oxygens (including phenoxy) is 1. The van der Waals surface area contributed by atoms with Crippen molar-refractivity contribution in [3.8, 4) is 23.2 Å². The van der Waals surface area contributed by atoms with E-state index in [0.717, 1.165) is 6.07 Å². The maximum Gasteiger partial charge on any atom is 0.192 e. The van der Waals surface area contributed by atoms with Gasteiger partial charge in [-0.25, -0.2) is 13.2 Å². The summed E-state index contributed by atoms with van der Waals surface area (Å²) in [6.07, 6.45) is 0. The highest BCUT2D eigenvalue weighted by Gasteiger charge is 2.32. The van der Waals surface area contributed by atoms with Crippen LogP contribution in [0.3, 0.4) is 0 Å². The summed E-state index contributed by atoms with van der Waals surface area (Å²) in [5, 5.41) is 16.9. The first-order valence-corrected chi connectivity index (χ1v) is 8.38. The second-order valence-electron chi connectivity index (χ2n) is 6.88. The van der Waals surface area contributed by atoms with E-state index in [2.05, 4.69) is 10.2 Å². The van der Waals surface area contributed by atoms with Gasteiger partial charge in [-0.2, -0.15) is 5.26 Å². The SMILES string of the molecule is Cc1cc(F)c(OC(C)(C)c2nnc(-c3ccc(C#N)cc3F)n2C)c(F)c1. The van der Waals surface area contributed by atoms with Crippen LogP contribution in [0.15, 0.2) is 30.3 Å². The normalized spacial score (nSPS) is 11.4. The first kappa shape index (κ1) is 19.4. The predicted octanol–water partition coefficient (Wildman–Crippen LogP) is 4.39. The summed E-state index contributed by atoms with van der Waals surface area (Å²) in [5.74, 6) is -2.37. The molecule has 5 nitrogen and oxygen atoms in total. The topological polar surface area (TPSA) is 63.7 Å². The molecule has 0 spiro atoms. The molecule has 1 heterocycles. The zero-order valence-electron chi connectivity index (χ0n) is 15.7. The van der Waals surface area contributed by atoms with Crippen LogP contribution in [0.5, 0.6) is 5.75 Å². The molecule has 0 aliphatic carbocycles. The van der Waals surface area contributed by atoms with Crippen molar-refractivity contribution in [1.82, 2.24) is 14.8 Å². The summed E-state index contributed by atoms with van der Waals surface area (Å²) in [4.78, 5) is 0. The number of rotatable bonds is 4. The molecule has 0 radical (unpaired) electrons. The third kappa shape index (κ3) is 3.43. The van der Waals surface area contributed by atoms with Crippen LogP contribution in [-0.2, 0) is 12.6 Å². The van der Waals surface area contributed by atoms with E-state index in [0.29, 0.717) is 5.56 Å². The van der Waals surface area contributed by atoms with Crippen molar-refractivity contribution in [3.05, 3.63) is 64.7 Å². The zero-order chi connectivity index (χ0) is 20.6. The lowest BCUT2D eigenvalue weighted by molar-refractivity contribution is 0.0836. The molecule has 144 valence electrons. The van der Waals surface area contributed by atoms with Gasteiger partial charge < -0.3 is 9.30 Å². The van der Waals surface area contributed by atoms with Gasteiger partial charge in [-0.3, -0.25) is 0 Å². The van der Waals surface area contributed by atoms with E-state index in [1.165, 1.54) is 28.8 Å². The van der Waals surface area contributed by atoms with E-state index >= 15 is 0 Å². The first-order chi connectivity index (χ1) is 13.1. The van der Waals surface area contributed by atoms with Gasteiger partial charge in [-0.15, -0.1) is 10.2 Å². The zero-order valence-corrected chi connectivity index (χ0v) is 15.7. The Bertz CT molecular complexity index is 1080. The fourth-order valence-corrected chi connectivity index (χ4v) is 2.94. The van der Waals surface area contributed by atoms with Gasteiger partial charge in [0, 0.05) is 7.05 Å². The van der Waals surface area contributed by atoms with Gasteiger partial charge in [-0.05, 0) is 56.7 Å². The largest absolute Gasteiger partial charge is 0.474 e. The fraction of sp³-hybridized carbons (Fsp3) is 0.250. The standard InChI is InChI=1S/C20H17F3N4O/c1-11-7-15(22)17(16(23)8-11)28-20(2,3)19-26-25-18(27(19)4)13-6-5-12(10-24)9-14(13)21/h5-9H,1-4H3. The average Bonchev–Trinajstić information content (AvgIpc) is 3.00. The van der Waals surface area contributed by atoms with Crippen LogP contribution < -0.4 is 4.74 Å². The molecule has 2 aromatic carbocycles. The van der Waals surface area contributed by atoms with Crippen LogP contribution in [0, 0.1) is 35.7 Å². The highest BCUT2D eigenvalue weighted by atomic mass is 19.1. The van der Waals surface area contributed by atoms with Gasteiger partial charge in [0.2, 0.25) is 0 Å². The van der Waals surface area contributed by atoms with Crippen molar-refractivity contribution in [1.29, 1.82) is 5.26 Å². The molecule has 0 bridgehead atoms. The molecule has 0 N–H and O–H groups in total. The van der Waals surface area contributed by atoms with Crippen molar-refractivity contribution < 1.29 is 17.9 Å². The quantitative estimate of drug-likeness (QED) is 0.667. The minimum absolute atomic E-state index is 0.142. The lowest BCUT2D eigenvalue weighted by Gasteiger charge is -2.26. The summed E-state index contributed by atoms with van der Waals surface area (Å²) in [7, 11) is 1.59. The Hall–Kier alpha value is -3.34. The average molecular weight is 386 g/mol. The maximum absolute atomic E-state index is 14.3. The van der Waals surface area contributed by atoms with E-state index in [1.807, 2.05) is 6.07 Å². The van der Waals surface area contributed by atoms with E-state index in [-0.39, 0.29) is 22.8 Å². The van der Waals surface area contributed by atoms with E-state index in [1.54, 1.807) is 27.8 Å². The summed E-state index contributed by atoms with van der Waals surface area (Å²) in [6.45, 7) is 4.73. The molecule has 0 saturated heterocycles. The Morgan fingerprint density at radius 1 is 1.04 bits per heavy atom. The Balaban J connectivity index is 2.00. The van der Waals surface area contributed by atoms with Crippen LogP contribution in [-0.4, -0.2) is 14.8 Å². The fourth-order valence-electron chi connectivity index (χ4n) is 2.94. The van der Waals surface area contributed by atoms with Crippen molar-refractivity contribution in [3.63, 3.8) is 0 Å². The monoisotopic (exact) mass is 386 g/mol. The molecule has 28 heavy (non-hydrogen) atoms. The lowest BCUT2D eigenvalue weighted by Crippen LogP contribution is -2.30. The van der Waals surface area contributed by atoms with Crippen LogP contribution in [0.25, 0.3) is 11.4 Å². The van der Waals surface area contributed by atoms with Gasteiger partial charge in [0.25, 0.3) is 0 Å². The van der Waals surface area contributed by atoms with Crippen LogP contribution in [0.1, 0.15) is 30.8 Å². The number of nitriles is 1. The van der Waals surface area contributed by atoms with Crippen LogP contribution in [0.2, 0.25) is 0 Å². The molecular formula is C20H17F3N4O. The maximum atomic E-state index is 14.3. The summed E-state index contributed by atoms with van der Waals surface area (Å²) < 4.78 is 49.7. The Labute approximate surface area is 160 Å². The van der Waals surface area contributed by atoms with Crippen LogP contribution >= 0.6 is 0 Å². The van der Waals surface area contributed by atoms with Gasteiger partial charge >= 0.3 is 0 Å². The lowest BCUT2D eigenvalue weighted by atomic mass is 10.1. The third-order valence-electron chi connectivity index (χ3n) is 4.25. The molecule has 0 amide bonds. The molecule has 0 fully saturated rings. The molecular weight excluding hydrogens is 369 g/mol. The molecule has 0 atom stereocenters. The minimum atomic E-state index is -1.26. The summed E-state index contributed by atoms with van der Waals surface area (Å²) >= 11 is 0. The number of nitrogens with zero attached hydrogens (tertiary/aromatic N) is 4. The number of hydrogen-bond acceptors (Lipinski definition) is 4. The number of halogens is 3. The smallest absolute Gasteiger partial charge is 0.192 e. The van der Waals surface area contributed by atoms with E-state index < -0.39 is 28.8 Å². The second kappa shape index (κ2) is 7.00. The highest BCUT2D eigenvalue weighted by Crippen LogP contribution is 2.33. The molecule has 0 saturated carbocycles. The van der Waals surface area contributed by atoms with Gasteiger partial charge in [0.1, 0.15) is 5.82 Å². The number of aromatic nitrogens is 3. The van der Waals surface area contributed by atoms with Gasteiger partial charge in [-0.1, -0.05) is 0 Å². The van der Waals surface area contributed by atoms with Crippen molar-refractivity contribution in [2.75, 3.05) is 0 Å². The number of benzene rings is 2. The predicted molar refractivity (Wildman–Crippen MR) is 95.9 cm³/mol. The number of hydrogen-bond donors (Lipinski definition) is 0. The number of aryl methyl sites for hydroxylation is 1. The Kier molecular flexibility index (Phi) is 4.86. The van der Waals surface area contributed by atoms with E-state index in [9.17, 15) is 13.2 Å². The Morgan fingerprint density at radius 2 is 1.68 bits per heavy atom. The van der Waals surface area contributed by atoms with Crippen molar-refractivity contribution in [2.24, 2.45) is 7.05 Å². The highest BCUT2D eigenvalue weighted by molar-refractivity contribution is 5.58. The van der Waals surface area contributed by atoms with Crippen LogP contribution in [0.4, 0.5) is 13.2 Å². The molecule has 8 heteroatoms. The second-order valence-corrected chi connectivity index (χ2v) is 6.88. The molecule has 0 unspecified atom stereocenters. The van der Waals surface area contributed by atoms with Gasteiger partial charge in [0.15, 0.2) is 34.6 Å². The molecule has 0 aliphatic heterocycles. The van der Waals surface area contributed by atoms with Crippen molar-refractivity contribution in [2.45, 2.75) is 26.4 Å². The molecule has 1 aromatic heterocycles. The molecule has 0 aliphatic rings. The van der Waals surface area contributed by atoms with Gasteiger partial charge in [0.05, 0.1) is 17.2 Å². The third-order valence-corrected chi connectivity index (χ3v) is 4.25.